The van der Waals surface area contributed by atoms with E-state index in [4.69, 9.17) is 0 Å². The van der Waals surface area contributed by atoms with E-state index in [0.29, 0.717) is 18.7 Å². The van der Waals surface area contributed by atoms with Crippen molar-refractivity contribution in [2.75, 3.05) is 19.6 Å². The van der Waals surface area contributed by atoms with E-state index in [9.17, 15) is 13.2 Å². The maximum absolute atomic E-state index is 12.2. The van der Waals surface area contributed by atoms with Gasteiger partial charge in [-0.1, -0.05) is 13.0 Å². The van der Waals surface area contributed by atoms with Gasteiger partial charge in [0, 0.05) is 24.7 Å². The highest BCUT2D eigenvalue weighted by Crippen LogP contribution is 2.23. The molecule has 0 bridgehead atoms. The number of carbonyl (C=O) groups is 1. The largest absolute Gasteiger partial charge is 0.351 e. The molecule has 1 saturated carbocycles. The van der Waals surface area contributed by atoms with Crippen LogP contribution in [0.4, 0.5) is 0 Å². The van der Waals surface area contributed by atoms with Crippen molar-refractivity contribution in [2.24, 2.45) is 0 Å². The van der Waals surface area contributed by atoms with Crippen LogP contribution in [-0.4, -0.2) is 40.0 Å². The Morgan fingerprint density at radius 3 is 2.64 bits per heavy atom. The minimum atomic E-state index is -3.54. The maximum Gasteiger partial charge on any atom is 0.251 e. The minimum absolute atomic E-state index is 0.0451. The quantitative estimate of drug-likeness (QED) is 0.616. The van der Waals surface area contributed by atoms with E-state index in [0.717, 1.165) is 24.9 Å². The average molecular weight is 325 g/mol. The summed E-state index contributed by atoms with van der Waals surface area (Å²) in [5.41, 5.74) is 1.15. The highest BCUT2D eigenvalue weighted by molar-refractivity contribution is 7.89. The third-order valence-corrected chi connectivity index (χ3v) is 5.02. The molecular weight excluding hydrogens is 302 g/mol. The van der Waals surface area contributed by atoms with E-state index in [-0.39, 0.29) is 16.8 Å². The smallest absolute Gasteiger partial charge is 0.251 e. The summed E-state index contributed by atoms with van der Waals surface area (Å²) in [5, 5.41) is 5.90. The van der Waals surface area contributed by atoms with Gasteiger partial charge < -0.3 is 10.6 Å². The SMILES string of the molecule is CCNCCNC(=O)c1cc(S(=O)(=O)NC2CC2)ccc1C. The van der Waals surface area contributed by atoms with Gasteiger partial charge in [0.2, 0.25) is 10.0 Å². The molecule has 0 aliphatic heterocycles. The Kier molecular flexibility index (Phi) is 5.55. The lowest BCUT2D eigenvalue weighted by Crippen LogP contribution is -2.32. The Hall–Kier alpha value is -1.44. The van der Waals surface area contributed by atoms with Crippen LogP contribution >= 0.6 is 0 Å². The predicted molar refractivity (Wildman–Crippen MR) is 85.4 cm³/mol. The van der Waals surface area contributed by atoms with Crippen molar-refractivity contribution in [1.82, 2.24) is 15.4 Å². The van der Waals surface area contributed by atoms with Crippen LogP contribution in [0.2, 0.25) is 0 Å². The van der Waals surface area contributed by atoms with Gasteiger partial charge in [-0.05, 0) is 44.0 Å². The number of amides is 1. The van der Waals surface area contributed by atoms with Crippen LogP contribution in [0.25, 0.3) is 0 Å². The molecule has 0 aromatic heterocycles. The van der Waals surface area contributed by atoms with Gasteiger partial charge in [0.1, 0.15) is 0 Å². The lowest BCUT2D eigenvalue weighted by molar-refractivity contribution is 0.0953. The maximum atomic E-state index is 12.2. The summed E-state index contributed by atoms with van der Waals surface area (Å²) in [7, 11) is -3.54. The lowest BCUT2D eigenvalue weighted by atomic mass is 10.1. The molecule has 1 aliphatic carbocycles. The Labute approximate surface area is 131 Å². The van der Waals surface area contributed by atoms with E-state index in [1.54, 1.807) is 13.0 Å². The van der Waals surface area contributed by atoms with E-state index in [1.807, 2.05) is 6.92 Å². The van der Waals surface area contributed by atoms with Gasteiger partial charge in [-0.25, -0.2) is 13.1 Å². The van der Waals surface area contributed by atoms with Gasteiger partial charge in [0.25, 0.3) is 5.91 Å². The Morgan fingerprint density at radius 1 is 1.27 bits per heavy atom. The molecule has 1 fully saturated rings. The molecule has 0 unspecified atom stereocenters. The topological polar surface area (TPSA) is 87.3 Å². The van der Waals surface area contributed by atoms with Crippen molar-refractivity contribution in [3.63, 3.8) is 0 Å². The molecule has 3 N–H and O–H groups in total. The standard InChI is InChI=1S/C15H23N3O3S/c1-3-16-8-9-17-15(19)14-10-13(7-4-11(14)2)22(20,21)18-12-5-6-12/h4,7,10,12,16,18H,3,5-6,8-9H2,1-2H3,(H,17,19). The number of carbonyl (C=O) groups excluding carboxylic acids is 1. The number of rotatable bonds is 8. The predicted octanol–water partition coefficient (Wildman–Crippen LogP) is 0.775. The van der Waals surface area contributed by atoms with E-state index >= 15 is 0 Å². The molecule has 0 spiro atoms. The van der Waals surface area contributed by atoms with Crippen molar-refractivity contribution in [1.29, 1.82) is 0 Å². The monoisotopic (exact) mass is 325 g/mol. The summed E-state index contributed by atoms with van der Waals surface area (Å²) >= 11 is 0. The first-order valence-corrected chi connectivity index (χ1v) is 9.04. The number of hydrogen-bond donors (Lipinski definition) is 3. The van der Waals surface area contributed by atoms with Crippen LogP contribution in [0.15, 0.2) is 23.1 Å². The third-order valence-electron chi connectivity index (χ3n) is 3.50. The summed E-state index contributed by atoms with van der Waals surface area (Å²) in [5.74, 6) is -0.251. The number of benzene rings is 1. The first-order chi connectivity index (χ1) is 10.4. The number of nitrogens with one attached hydrogen (secondary N) is 3. The van der Waals surface area contributed by atoms with Gasteiger partial charge in [-0.3, -0.25) is 4.79 Å². The van der Waals surface area contributed by atoms with Crippen molar-refractivity contribution in [3.8, 4) is 0 Å². The number of sulfonamides is 1. The van der Waals surface area contributed by atoms with E-state index < -0.39 is 10.0 Å². The molecule has 0 atom stereocenters. The molecule has 0 radical (unpaired) electrons. The second-order valence-electron chi connectivity index (χ2n) is 5.48. The first-order valence-electron chi connectivity index (χ1n) is 7.56. The molecule has 1 aromatic carbocycles. The molecule has 7 heteroatoms. The lowest BCUT2D eigenvalue weighted by Gasteiger charge is -2.11. The molecule has 2 rings (SSSR count). The zero-order valence-corrected chi connectivity index (χ0v) is 13.8. The Balaban J connectivity index is 2.10. The van der Waals surface area contributed by atoms with E-state index in [1.165, 1.54) is 12.1 Å². The van der Waals surface area contributed by atoms with Crippen molar-refractivity contribution < 1.29 is 13.2 Å². The second kappa shape index (κ2) is 7.21. The highest BCUT2D eigenvalue weighted by Gasteiger charge is 2.28. The van der Waals surface area contributed by atoms with Crippen LogP contribution in [0.5, 0.6) is 0 Å². The fourth-order valence-corrected chi connectivity index (χ4v) is 3.37. The zero-order valence-electron chi connectivity index (χ0n) is 13.0. The highest BCUT2D eigenvalue weighted by atomic mass is 32.2. The average Bonchev–Trinajstić information content (AvgIpc) is 3.27. The third kappa shape index (κ3) is 4.53. The number of likely N-dealkylation sites (N-methyl/N-ethyl adjacent to an activating group) is 1. The molecule has 22 heavy (non-hydrogen) atoms. The number of hydrogen-bond acceptors (Lipinski definition) is 4. The van der Waals surface area contributed by atoms with Gasteiger partial charge in [-0.15, -0.1) is 0 Å². The first kappa shape index (κ1) is 16.9. The summed E-state index contributed by atoms with van der Waals surface area (Å²) in [6.45, 7) is 5.82. The van der Waals surface area contributed by atoms with Gasteiger partial charge in [-0.2, -0.15) is 0 Å². The summed E-state index contributed by atoms with van der Waals surface area (Å²) in [4.78, 5) is 12.3. The number of aryl methyl sites for hydroxylation is 1. The zero-order chi connectivity index (χ0) is 16.2. The molecule has 1 aromatic rings. The fourth-order valence-electron chi connectivity index (χ4n) is 2.04. The summed E-state index contributed by atoms with van der Waals surface area (Å²) in [6, 6.07) is 4.70. The van der Waals surface area contributed by atoms with E-state index in [2.05, 4.69) is 15.4 Å². The summed E-state index contributed by atoms with van der Waals surface area (Å²) in [6.07, 6.45) is 1.76. The molecular formula is C15H23N3O3S. The second-order valence-corrected chi connectivity index (χ2v) is 7.20. The fraction of sp³-hybridized carbons (Fsp3) is 0.533. The molecule has 1 aliphatic rings. The molecule has 1 amide bonds. The molecule has 0 saturated heterocycles. The Bertz CT molecular complexity index is 639. The minimum Gasteiger partial charge on any atom is -0.351 e. The van der Waals surface area contributed by atoms with Gasteiger partial charge in [0.05, 0.1) is 4.90 Å². The Morgan fingerprint density at radius 2 is 2.00 bits per heavy atom. The molecule has 122 valence electrons. The van der Waals surface area contributed by atoms with Gasteiger partial charge in [0.15, 0.2) is 0 Å². The normalized spacial score (nSPS) is 14.8. The van der Waals surface area contributed by atoms with Gasteiger partial charge >= 0.3 is 0 Å². The van der Waals surface area contributed by atoms with Crippen LogP contribution in [0.3, 0.4) is 0 Å². The van der Waals surface area contributed by atoms with Crippen molar-refractivity contribution >= 4 is 15.9 Å². The molecule has 0 heterocycles. The van der Waals surface area contributed by atoms with Crippen LogP contribution in [-0.2, 0) is 10.0 Å². The van der Waals surface area contributed by atoms with Crippen LogP contribution in [0.1, 0.15) is 35.7 Å². The van der Waals surface area contributed by atoms with Crippen LogP contribution in [0, 0.1) is 6.92 Å². The van der Waals surface area contributed by atoms with Crippen LogP contribution < -0.4 is 15.4 Å². The molecule has 6 nitrogen and oxygen atoms in total. The summed E-state index contributed by atoms with van der Waals surface area (Å²) < 4.78 is 27.1. The van der Waals surface area contributed by atoms with Crippen molar-refractivity contribution in [3.05, 3.63) is 29.3 Å². The van der Waals surface area contributed by atoms with Crippen molar-refractivity contribution in [2.45, 2.75) is 37.6 Å².